The third-order valence-electron chi connectivity index (χ3n) is 3.54. The third kappa shape index (κ3) is 3.28. The first-order valence-corrected chi connectivity index (χ1v) is 7.93. The maximum atomic E-state index is 11.2. The second-order valence-electron chi connectivity index (χ2n) is 5.06. The highest BCUT2D eigenvalue weighted by atomic mass is 79.9. The van der Waals surface area contributed by atoms with E-state index in [0.717, 1.165) is 21.2 Å². The molecule has 24 heavy (non-hydrogen) atoms. The Morgan fingerprint density at radius 1 is 1.17 bits per heavy atom. The first-order valence-electron chi connectivity index (χ1n) is 7.14. The lowest BCUT2D eigenvalue weighted by molar-refractivity contribution is -0.383. The van der Waals surface area contributed by atoms with Crippen molar-refractivity contribution in [1.29, 1.82) is 0 Å². The van der Waals surface area contributed by atoms with Gasteiger partial charge >= 0.3 is 0 Å². The van der Waals surface area contributed by atoms with E-state index in [9.17, 15) is 10.1 Å². The van der Waals surface area contributed by atoms with Crippen LogP contribution in [-0.4, -0.2) is 17.0 Å². The van der Waals surface area contributed by atoms with E-state index in [1.54, 1.807) is 25.3 Å². The molecule has 0 amide bonds. The van der Waals surface area contributed by atoms with Crippen LogP contribution >= 0.6 is 15.9 Å². The van der Waals surface area contributed by atoms with E-state index in [-0.39, 0.29) is 5.69 Å². The van der Waals surface area contributed by atoms with Crippen LogP contribution in [0.3, 0.4) is 0 Å². The molecule has 0 N–H and O–H groups in total. The lowest BCUT2D eigenvalue weighted by atomic mass is 10.1. The fraction of sp³-hybridized carbons (Fsp3) is 0.0556. The molecule has 1 heterocycles. The Labute approximate surface area is 146 Å². The number of fused-ring (bicyclic) bond motifs is 1. The minimum absolute atomic E-state index is 0.00258. The normalized spacial score (nSPS) is 11.1. The molecule has 6 heteroatoms. The Bertz CT molecular complexity index is 954. The van der Waals surface area contributed by atoms with Gasteiger partial charge < -0.3 is 4.74 Å². The van der Waals surface area contributed by atoms with Gasteiger partial charge in [-0.3, -0.25) is 10.1 Å². The van der Waals surface area contributed by atoms with Crippen molar-refractivity contribution >= 4 is 44.7 Å². The molecule has 5 nitrogen and oxygen atoms in total. The molecule has 0 bridgehead atoms. The van der Waals surface area contributed by atoms with E-state index in [1.165, 1.54) is 6.07 Å². The fourth-order valence-corrected chi connectivity index (χ4v) is 2.78. The summed E-state index contributed by atoms with van der Waals surface area (Å²) in [4.78, 5) is 15.1. The van der Waals surface area contributed by atoms with Gasteiger partial charge in [0.2, 0.25) is 0 Å². The van der Waals surface area contributed by atoms with Crippen molar-refractivity contribution in [3.63, 3.8) is 0 Å². The number of methoxy groups -OCH3 is 1. The second-order valence-corrected chi connectivity index (χ2v) is 5.98. The topological polar surface area (TPSA) is 65.3 Å². The van der Waals surface area contributed by atoms with E-state index in [4.69, 9.17) is 4.74 Å². The molecule has 2 aromatic carbocycles. The monoisotopic (exact) mass is 384 g/mol. The van der Waals surface area contributed by atoms with E-state index in [2.05, 4.69) is 20.9 Å². The Hall–Kier alpha value is -2.73. The summed E-state index contributed by atoms with van der Waals surface area (Å²) < 4.78 is 6.26. The molecule has 3 aromatic rings. The summed E-state index contributed by atoms with van der Waals surface area (Å²) in [6.07, 6.45) is 3.67. The van der Waals surface area contributed by atoms with Crippen LogP contribution in [0.1, 0.15) is 11.3 Å². The zero-order chi connectivity index (χ0) is 17.1. The molecule has 120 valence electrons. The summed E-state index contributed by atoms with van der Waals surface area (Å²) >= 11 is 3.43. The van der Waals surface area contributed by atoms with Gasteiger partial charge in [0, 0.05) is 21.5 Å². The molecule has 0 radical (unpaired) electrons. The summed E-state index contributed by atoms with van der Waals surface area (Å²) in [5.74, 6) is 0.737. The van der Waals surface area contributed by atoms with Crippen molar-refractivity contribution in [2.75, 3.05) is 7.11 Å². The smallest absolute Gasteiger partial charge is 0.295 e. The van der Waals surface area contributed by atoms with E-state index in [1.807, 2.05) is 36.4 Å². The highest BCUT2D eigenvalue weighted by Crippen LogP contribution is 2.26. The minimum atomic E-state index is -0.417. The van der Waals surface area contributed by atoms with Gasteiger partial charge in [-0.1, -0.05) is 34.1 Å². The molecule has 0 spiro atoms. The number of nitro benzene ring substituents is 1. The Morgan fingerprint density at radius 2 is 2.00 bits per heavy atom. The predicted octanol–water partition coefficient (Wildman–Crippen LogP) is 5.08. The van der Waals surface area contributed by atoms with Crippen molar-refractivity contribution in [2.24, 2.45) is 0 Å². The van der Waals surface area contributed by atoms with E-state index in [0.29, 0.717) is 11.2 Å². The summed E-state index contributed by atoms with van der Waals surface area (Å²) in [7, 11) is 1.61. The number of ether oxygens (including phenoxy) is 1. The number of rotatable bonds is 4. The van der Waals surface area contributed by atoms with Gasteiger partial charge in [-0.05, 0) is 36.4 Å². The molecule has 0 atom stereocenters. The Kier molecular flexibility index (Phi) is 4.57. The van der Waals surface area contributed by atoms with Gasteiger partial charge in [0.15, 0.2) is 0 Å². The van der Waals surface area contributed by atoms with Crippen molar-refractivity contribution < 1.29 is 9.66 Å². The van der Waals surface area contributed by atoms with Crippen LogP contribution in [0, 0.1) is 10.1 Å². The van der Waals surface area contributed by atoms with Gasteiger partial charge in [-0.15, -0.1) is 0 Å². The number of benzene rings is 2. The van der Waals surface area contributed by atoms with Crippen molar-refractivity contribution in [2.45, 2.75) is 0 Å². The summed E-state index contributed by atoms with van der Waals surface area (Å²) in [6, 6.07) is 14.3. The second kappa shape index (κ2) is 6.80. The number of aromatic nitrogens is 1. The van der Waals surface area contributed by atoms with Crippen LogP contribution in [0.25, 0.3) is 23.1 Å². The summed E-state index contributed by atoms with van der Waals surface area (Å²) in [6.45, 7) is 0. The number of non-ortho nitro benzene ring substituents is 1. The van der Waals surface area contributed by atoms with E-state index >= 15 is 0 Å². The molecule has 0 saturated heterocycles. The minimum Gasteiger partial charge on any atom is -0.496 e. The number of hydrogen-bond donors (Lipinski definition) is 0. The zero-order valence-corrected chi connectivity index (χ0v) is 14.4. The molecular formula is C18H13BrN2O3. The highest BCUT2D eigenvalue weighted by Gasteiger charge is 2.12. The van der Waals surface area contributed by atoms with Gasteiger partial charge in [-0.25, -0.2) is 4.98 Å². The fourth-order valence-electron chi connectivity index (χ4n) is 2.40. The third-order valence-corrected chi connectivity index (χ3v) is 4.04. The van der Waals surface area contributed by atoms with Crippen LogP contribution in [0.4, 0.5) is 5.69 Å². The number of hydrogen-bond acceptors (Lipinski definition) is 4. The van der Waals surface area contributed by atoms with Gasteiger partial charge in [0.1, 0.15) is 11.3 Å². The molecule has 0 aliphatic heterocycles. The number of nitro groups is 1. The lowest BCUT2D eigenvalue weighted by Gasteiger charge is -2.05. The lowest BCUT2D eigenvalue weighted by Crippen LogP contribution is -1.92. The predicted molar refractivity (Wildman–Crippen MR) is 98.0 cm³/mol. The molecule has 0 saturated carbocycles. The summed E-state index contributed by atoms with van der Waals surface area (Å²) in [5.41, 5.74) is 1.91. The van der Waals surface area contributed by atoms with Crippen molar-refractivity contribution in [1.82, 2.24) is 4.98 Å². The zero-order valence-electron chi connectivity index (χ0n) is 12.8. The average molecular weight is 385 g/mol. The SMILES string of the molecule is COc1ccc(Br)cc1C=Cc1ccc2cccc([N+](=O)[O-])c2n1. The molecule has 0 unspecified atom stereocenters. The molecular weight excluding hydrogens is 372 g/mol. The largest absolute Gasteiger partial charge is 0.496 e. The molecule has 0 fully saturated rings. The van der Waals surface area contributed by atoms with Crippen LogP contribution in [0.5, 0.6) is 5.75 Å². The maximum absolute atomic E-state index is 11.2. The Morgan fingerprint density at radius 3 is 2.75 bits per heavy atom. The average Bonchev–Trinajstić information content (AvgIpc) is 2.59. The first-order chi connectivity index (χ1) is 11.6. The van der Waals surface area contributed by atoms with Crippen LogP contribution < -0.4 is 4.74 Å². The van der Waals surface area contributed by atoms with Crippen molar-refractivity contribution in [3.05, 3.63) is 74.4 Å². The quantitative estimate of drug-likeness (QED) is 0.464. The Balaban J connectivity index is 2.03. The first kappa shape index (κ1) is 16.1. The van der Waals surface area contributed by atoms with Crippen molar-refractivity contribution in [3.8, 4) is 5.75 Å². The standard InChI is InChI=1S/C18H13BrN2O3/c1-24-17-10-7-14(19)11-13(17)6-9-15-8-5-12-3-2-4-16(21(22)23)18(12)20-15/h2-11H,1H3. The van der Waals surface area contributed by atoms with Gasteiger partial charge in [-0.2, -0.15) is 0 Å². The number of para-hydroxylation sites is 1. The van der Waals surface area contributed by atoms with Crippen LogP contribution in [0.2, 0.25) is 0 Å². The van der Waals surface area contributed by atoms with E-state index < -0.39 is 4.92 Å². The maximum Gasteiger partial charge on any atom is 0.295 e. The molecule has 0 aliphatic carbocycles. The number of pyridine rings is 1. The molecule has 3 rings (SSSR count). The van der Waals surface area contributed by atoms with Crippen LogP contribution in [-0.2, 0) is 0 Å². The van der Waals surface area contributed by atoms with Gasteiger partial charge in [0.05, 0.1) is 17.7 Å². The number of nitrogens with zero attached hydrogens (tertiary/aromatic N) is 2. The number of halogens is 1. The van der Waals surface area contributed by atoms with Gasteiger partial charge in [0.25, 0.3) is 5.69 Å². The molecule has 0 aliphatic rings. The highest BCUT2D eigenvalue weighted by molar-refractivity contribution is 9.10. The molecule has 1 aromatic heterocycles. The summed E-state index contributed by atoms with van der Waals surface area (Å²) in [5, 5.41) is 11.9. The van der Waals surface area contributed by atoms with Crippen LogP contribution in [0.15, 0.2) is 53.0 Å².